The number of para-hydroxylation sites is 1. The normalized spacial score (nSPS) is 13.9. The lowest BCUT2D eigenvalue weighted by atomic mass is 9.69. The van der Waals surface area contributed by atoms with Gasteiger partial charge in [-0.3, -0.25) is 4.99 Å². The molecule has 0 aliphatic rings. The van der Waals surface area contributed by atoms with Gasteiger partial charge in [-0.2, -0.15) is 0 Å². The van der Waals surface area contributed by atoms with Gasteiger partial charge in [0.2, 0.25) is 0 Å². The predicted molar refractivity (Wildman–Crippen MR) is 226 cm³/mol. The molecule has 3 rings (SSSR count). The highest BCUT2D eigenvalue weighted by molar-refractivity contribution is 5.83. The maximum absolute atomic E-state index is 14.6. The molecule has 0 fully saturated rings. The molecule has 6 heteroatoms. The zero-order chi connectivity index (χ0) is 41.0. The van der Waals surface area contributed by atoms with Gasteiger partial charge in [0.15, 0.2) is 11.6 Å². The summed E-state index contributed by atoms with van der Waals surface area (Å²) in [5, 5.41) is 24.7. The number of hydrogen-bond acceptors (Lipinski definition) is 5. The lowest BCUT2D eigenvalue weighted by molar-refractivity contribution is 0.0359. The van der Waals surface area contributed by atoms with Crippen LogP contribution in [0.15, 0.2) is 47.5 Å². The summed E-state index contributed by atoms with van der Waals surface area (Å²) in [5.41, 5.74) is 2.73. The third kappa shape index (κ3) is 10.3. The monoisotopic (exact) mass is 746 g/mol. The van der Waals surface area contributed by atoms with Crippen molar-refractivity contribution in [1.29, 1.82) is 0 Å². The third-order valence-electron chi connectivity index (χ3n) is 10.2. The zero-order valence-corrected chi connectivity index (χ0v) is 36.6. The summed E-state index contributed by atoms with van der Waals surface area (Å²) in [6, 6.07) is 12.2. The van der Waals surface area contributed by atoms with Crippen LogP contribution >= 0.6 is 0 Å². The van der Waals surface area contributed by atoms with Gasteiger partial charge in [-0.05, 0) is 87.9 Å². The molecule has 1 atom stereocenters. The van der Waals surface area contributed by atoms with E-state index >= 15 is 0 Å². The van der Waals surface area contributed by atoms with Gasteiger partial charge in [0.1, 0.15) is 17.1 Å². The van der Waals surface area contributed by atoms with Gasteiger partial charge >= 0.3 is 0 Å². The van der Waals surface area contributed by atoms with Crippen molar-refractivity contribution in [2.45, 2.75) is 170 Å². The number of halogens is 1. The number of hydrogen-bond donors (Lipinski definition) is 2. The molecule has 54 heavy (non-hydrogen) atoms. The summed E-state index contributed by atoms with van der Waals surface area (Å²) in [4.78, 5) is 5.09. The van der Waals surface area contributed by atoms with Crippen LogP contribution in [0.2, 0.25) is 0 Å². The first-order chi connectivity index (χ1) is 24.8. The number of benzene rings is 3. The van der Waals surface area contributed by atoms with Crippen molar-refractivity contribution in [3.63, 3.8) is 0 Å². The SMILES string of the molecule is CCCCOc1c(C(C)(C)C)cc(C(O)(c2cc(C(C)(C)C)c(OCCCC)c(C(C)(C)C)c2)C(N=Cc2cccc(F)c2O)C(C)C)cc1C(C)(C)C. The van der Waals surface area contributed by atoms with E-state index in [9.17, 15) is 14.6 Å². The fourth-order valence-corrected chi connectivity index (χ4v) is 6.94. The standard InChI is InChI=1S/C48H72FNO4/c1-17-19-24-53-41-35(44(5,6)7)26-33(27-36(41)45(8,9)10)48(52,43(31(3)4)50-30-32-22-21-23-39(49)40(32)51)34-28-37(46(11,12)13)42(54-25-20-18-2)38(29-34)47(14,15)16/h21-23,26-31,43,51-52H,17-20,24-25H2,1-16H3. The lowest BCUT2D eigenvalue weighted by Gasteiger charge is -2.41. The number of aromatic hydroxyl groups is 1. The van der Waals surface area contributed by atoms with Crippen LogP contribution in [0.3, 0.4) is 0 Å². The van der Waals surface area contributed by atoms with E-state index in [-0.39, 0.29) is 33.1 Å². The summed E-state index contributed by atoms with van der Waals surface area (Å²) in [6.45, 7) is 35.9. The highest BCUT2D eigenvalue weighted by Gasteiger charge is 2.46. The second-order valence-corrected chi connectivity index (χ2v) is 19.6. The Bertz CT molecular complexity index is 1580. The van der Waals surface area contributed by atoms with E-state index in [1.165, 1.54) is 12.3 Å². The van der Waals surface area contributed by atoms with Gasteiger partial charge in [-0.15, -0.1) is 0 Å². The van der Waals surface area contributed by atoms with Crippen LogP contribution in [-0.2, 0) is 27.3 Å². The summed E-state index contributed by atoms with van der Waals surface area (Å²) < 4.78 is 27.9. The molecule has 0 heterocycles. The van der Waals surface area contributed by atoms with Gasteiger partial charge in [-0.1, -0.05) is 130 Å². The first kappa shape index (κ1) is 45.0. The van der Waals surface area contributed by atoms with Crippen molar-refractivity contribution in [2.75, 3.05) is 13.2 Å². The van der Waals surface area contributed by atoms with Crippen molar-refractivity contribution in [3.05, 3.63) is 87.2 Å². The molecule has 5 nitrogen and oxygen atoms in total. The topological polar surface area (TPSA) is 71.3 Å². The zero-order valence-electron chi connectivity index (χ0n) is 36.6. The Labute approximate surface area is 327 Å². The van der Waals surface area contributed by atoms with Crippen LogP contribution in [0.25, 0.3) is 0 Å². The predicted octanol–water partition coefficient (Wildman–Crippen LogP) is 12.5. The minimum Gasteiger partial charge on any atom is -0.504 e. The highest BCUT2D eigenvalue weighted by Crippen LogP contribution is 2.49. The fourth-order valence-electron chi connectivity index (χ4n) is 6.94. The number of rotatable bonds is 14. The van der Waals surface area contributed by atoms with Crippen molar-refractivity contribution in [3.8, 4) is 17.2 Å². The fraction of sp³-hybridized carbons (Fsp3) is 0.604. The summed E-state index contributed by atoms with van der Waals surface area (Å²) in [5.74, 6) is 0.366. The molecular weight excluding hydrogens is 674 g/mol. The van der Waals surface area contributed by atoms with Gasteiger partial charge in [-0.25, -0.2) is 4.39 Å². The molecule has 0 spiro atoms. The summed E-state index contributed by atoms with van der Waals surface area (Å²) >= 11 is 0. The first-order valence-corrected chi connectivity index (χ1v) is 20.2. The van der Waals surface area contributed by atoms with E-state index in [1.807, 2.05) is 13.8 Å². The van der Waals surface area contributed by atoms with Crippen molar-refractivity contribution in [1.82, 2.24) is 0 Å². The van der Waals surface area contributed by atoms with E-state index in [4.69, 9.17) is 14.5 Å². The number of nitrogens with zero attached hydrogens (tertiary/aromatic N) is 1. The molecule has 0 amide bonds. The Morgan fingerprint density at radius 3 is 1.35 bits per heavy atom. The van der Waals surface area contributed by atoms with Gasteiger partial charge < -0.3 is 19.7 Å². The second kappa shape index (κ2) is 17.2. The number of unbranched alkanes of at least 4 members (excludes halogenated alkanes) is 2. The second-order valence-electron chi connectivity index (χ2n) is 19.6. The van der Waals surface area contributed by atoms with Gasteiger partial charge in [0, 0.05) is 34.0 Å². The third-order valence-corrected chi connectivity index (χ3v) is 10.2. The lowest BCUT2D eigenvalue weighted by Crippen LogP contribution is -2.44. The molecule has 1 unspecified atom stereocenters. The molecule has 0 radical (unpaired) electrons. The quantitative estimate of drug-likeness (QED) is 0.127. The van der Waals surface area contributed by atoms with E-state index in [1.54, 1.807) is 12.1 Å². The van der Waals surface area contributed by atoms with Crippen LogP contribution in [0.1, 0.15) is 175 Å². The van der Waals surface area contributed by atoms with Gasteiger partial charge in [0.05, 0.1) is 19.3 Å². The minimum absolute atomic E-state index is 0.185. The number of phenolic OH excluding ortho intramolecular Hbond substituents is 1. The van der Waals surface area contributed by atoms with E-state index in [0.29, 0.717) is 24.3 Å². The molecule has 0 bridgehead atoms. The van der Waals surface area contributed by atoms with Crippen molar-refractivity contribution >= 4 is 6.21 Å². The summed E-state index contributed by atoms with van der Waals surface area (Å²) in [7, 11) is 0. The minimum atomic E-state index is -1.68. The van der Waals surface area contributed by atoms with Gasteiger partial charge in [0.25, 0.3) is 0 Å². The molecule has 0 saturated carbocycles. The van der Waals surface area contributed by atoms with Crippen LogP contribution in [-0.4, -0.2) is 35.7 Å². The Morgan fingerprint density at radius 1 is 0.667 bits per heavy atom. The van der Waals surface area contributed by atoms with Crippen LogP contribution < -0.4 is 9.47 Å². The maximum atomic E-state index is 14.6. The Hall–Kier alpha value is -3.38. The average Bonchev–Trinajstić information content (AvgIpc) is 3.04. The van der Waals surface area contributed by atoms with Crippen LogP contribution in [0.4, 0.5) is 4.39 Å². The van der Waals surface area contributed by atoms with Crippen LogP contribution in [0, 0.1) is 11.7 Å². The summed E-state index contributed by atoms with van der Waals surface area (Å²) in [6.07, 6.45) is 5.42. The number of aliphatic hydroxyl groups is 1. The molecular formula is C48H72FNO4. The van der Waals surface area contributed by atoms with E-state index in [2.05, 4.69) is 121 Å². The highest BCUT2D eigenvalue weighted by atomic mass is 19.1. The van der Waals surface area contributed by atoms with E-state index < -0.39 is 23.2 Å². The molecule has 300 valence electrons. The molecule has 0 aromatic heterocycles. The van der Waals surface area contributed by atoms with Crippen molar-refractivity contribution in [2.24, 2.45) is 10.9 Å². The number of phenols is 1. The molecule has 3 aromatic carbocycles. The molecule has 3 aromatic rings. The first-order valence-electron chi connectivity index (χ1n) is 20.2. The molecule has 0 aliphatic heterocycles. The Kier molecular flexibility index (Phi) is 14.3. The maximum Gasteiger partial charge on any atom is 0.165 e. The molecule has 2 N–H and O–H groups in total. The van der Waals surface area contributed by atoms with E-state index in [0.717, 1.165) is 59.4 Å². The average molecular weight is 746 g/mol. The van der Waals surface area contributed by atoms with Crippen LogP contribution in [0.5, 0.6) is 17.2 Å². The number of aliphatic imine (C=N–C) groups is 1. The Balaban J connectivity index is 2.65. The molecule has 0 aliphatic carbocycles. The largest absolute Gasteiger partial charge is 0.504 e. The van der Waals surface area contributed by atoms with Crippen molar-refractivity contribution < 1.29 is 24.1 Å². The number of ether oxygens (including phenoxy) is 2. The smallest absolute Gasteiger partial charge is 0.165 e. The Morgan fingerprint density at radius 2 is 1.04 bits per heavy atom. The molecule has 0 saturated heterocycles.